The van der Waals surface area contributed by atoms with Crippen LogP contribution in [0.15, 0.2) is 29.3 Å². The lowest BCUT2D eigenvalue weighted by molar-refractivity contribution is 0.538. The number of H-pyrrole nitrogens is 1. The topological polar surface area (TPSA) is 55.9 Å². The average Bonchev–Trinajstić information content (AvgIpc) is 2.46. The van der Waals surface area contributed by atoms with Crippen molar-refractivity contribution in [3.05, 3.63) is 30.0 Å². The predicted octanol–water partition coefficient (Wildman–Crippen LogP) is 1.71. The van der Waals surface area contributed by atoms with Gasteiger partial charge in [-0.2, -0.15) is 0 Å². The molecule has 1 N–H and O–H groups in total. The van der Waals surface area contributed by atoms with Crippen LogP contribution in [0.4, 0.5) is 0 Å². The summed E-state index contributed by atoms with van der Waals surface area (Å²) >= 11 is -2.16. The van der Waals surface area contributed by atoms with Crippen LogP contribution < -0.4 is 0 Å². The van der Waals surface area contributed by atoms with Gasteiger partial charge in [-0.1, -0.05) is 12.1 Å². The van der Waals surface area contributed by atoms with Gasteiger partial charge < -0.3 is 9.54 Å². The Balaban J connectivity index is 2.76. The number of hydrogen-bond acceptors (Lipinski definition) is 2. The molecule has 13 heavy (non-hydrogen) atoms. The Morgan fingerprint density at radius 3 is 2.92 bits per heavy atom. The van der Waals surface area contributed by atoms with Gasteiger partial charge in [0.25, 0.3) is 0 Å². The fourth-order valence-electron chi connectivity index (χ4n) is 1.35. The number of hydrogen-bond donors (Lipinski definition) is 1. The first kappa shape index (κ1) is 8.47. The molecule has 1 aromatic carbocycles. The highest BCUT2D eigenvalue weighted by atomic mass is 32.2. The van der Waals surface area contributed by atoms with Gasteiger partial charge in [-0.15, -0.1) is 0 Å². The first-order valence-electron chi connectivity index (χ1n) is 3.85. The normalized spacial score (nSPS) is 13.4. The molecule has 1 unspecified atom stereocenters. The van der Waals surface area contributed by atoms with Crippen LogP contribution in [0.2, 0.25) is 0 Å². The smallest absolute Gasteiger partial charge is 0.0502 e. The van der Waals surface area contributed by atoms with E-state index < -0.39 is 11.1 Å². The number of aryl methyl sites for hydroxylation is 1. The van der Waals surface area contributed by atoms with Crippen LogP contribution in [0.3, 0.4) is 0 Å². The minimum Gasteiger partial charge on any atom is -0.768 e. The van der Waals surface area contributed by atoms with Gasteiger partial charge >= 0.3 is 0 Å². The predicted molar refractivity (Wildman–Crippen MR) is 50.2 cm³/mol. The van der Waals surface area contributed by atoms with E-state index in [9.17, 15) is 8.76 Å². The molecule has 3 nitrogen and oxygen atoms in total. The number of benzene rings is 1. The van der Waals surface area contributed by atoms with E-state index in [1.54, 1.807) is 0 Å². The zero-order valence-corrected chi connectivity index (χ0v) is 7.85. The molecular weight excluding hydrogens is 186 g/mol. The van der Waals surface area contributed by atoms with Gasteiger partial charge in [-0.05, 0) is 29.6 Å². The molecule has 4 heteroatoms. The van der Waals surface area contributed by atoms with Gasteiger partial charge in [0.05, 0.1) is 4.90 Å². The van der Waals surface area contributed by atoms with Crippen molar-refractivity contribution in [1.82, 2.24) is 4.98 Å². The van der Waals surface area contributed by atoms with E-state index >= 15 is 0 Å². The largest absolute Gasteiger partial charge is 0.768 e. The van der Waals surface area contributed by atoms with Gasteiger partial charge in [-0.25, -0.2) is 0 Å². The Morgan fingerprint density at radius 2 is 2.23 bits per heavy atom. The molecule has 0 fully saturated rings. The summed E-state index contributed by atoms with van der Waals surface area (Å²) in [6.45, 7) is 1.97. The molecule has 0 aliphatic heterocycles. The first-order valence-corrected chi connectivity index (χ1v) is 4.93. The Kier molecular flexibility index (Phi) is 1.94. The summed E-state index contributed by atoms with van der Waals surface area (Å²) in [7, 11) is 0. The summed E-state index contributed by atoms with van der Waals surface area (Å²) in [6, 6.07) is 5.63. The molecular formula is C9H8NO2S-. The van der Waals surface area contributed by atoms with Crippen molar-refractivity contribution in [2.45, 2.75) is 11.8 Å². The highest BCUT2D eigenvalue weighted by Crippen LogP contribution is 2.21. The van der Waals surface area contributed by atoms with E-state index in [0.717, 1.165) is 16.5 Å². The molecule has 0 aliphatic rings. The van der Waals surface area contributed by atoms with Crippen molar-refractivity contribution >= 4 is 22.0 Å². The maximum atomic E-state index is 10.7. The second-order valence-electron chi connectivity index (χ2n) is 2.94. The molecule has 2 aromatic rings. The molecule has 0 aliphatic carbocycles. The van der Waals surface area contributed by atoms with Gasteiger partial charge in [-0.3, -0.25) is 4.21 Å². The zero-order valence-electron chi connectivity index (χ0n) is 7.03. The van der Waals surface area contributed by atoms with Crippen LogP contribution in [0.1, 0.15) is 5.56 Å². The van der Waals surface area contributed by atoms with Gasteiger partial charge in [0.15, 0.2) is 0 Å². The Morgan fingerprint density at radius 1 is 1.46 bits per heavy atom. The summed E-state index contributed by atoms with van der Waals surface area (Å²) < 4.78 is 21.5. The maximum Gasteiger partial charge on any atom is 0.0502 e. The molecule has 1 heterocycles. The Hall–Kier alpha value is -1.13. The van der Waals surface area contributed by atoms with Crippen LogP contribution in [0.5, 0.6) is 0 Å². The second kappa shape index (κ2) is 2.97. The van der Waals surface area contributed by atoms with Crippen LogP contribution in [0, 0.1) is 6.92 Å². The lowest BCUT2D eigenvalue weighted by Crippen LogP contribution is -1.85. The van der Waals surface area contributed by atoms with Crippen molar-refractivity contribution < 1.29 is 8.76 Å². The van der Waals surface area contributed by atoms with E-state index in [0.29, 0.717) is 4.90 Å². The van der Waals surface area contributed by atoms with Gasteiger partial charge in [0.2, 0.25) is 0 Å². The lowest BCUT2D eigenvalue weighted by atomic mass is 10.2. The number of nitrogens with one attached hydrogen (secondary N) is 1. The molecule has 1 atom stereocenters. The monoisotopic (exact) mass is 194 g/mol. The first-order chi connectivity index (χ1) is 6.18. The van der Waals surface area contributed by atoms with Crippen LogP contribution in [-0.4, -0.2) is 13.7 Å². The van der Waals surface area contributed by atoms with Gasteiger partial charge in [0.1, 0.15) is 0 Å². The second-order valence-corrected chi connectivity index (χ2v) is 3.85. The van der Waals surface area contributed by atoms with E-state index in [-0.39, 0.29) is 0 Å². The quantitative estimate of drug-likeness (QED) is 0.702. The minimum absolute atomic E-state index is 0.329. The molecule has 2 rings (SSSR count). The summed E-state index contributed by atoms with van der Waals surface area (Å²) in [4.78, 5) is 3.25. The SMILES string of the molecule is Cc1ccc2c(S(=O)[O-])c[nH]c2c1. The number of rotatable bonds is 1. The molecule has 0 saturated carbocycles. The molecule has 0 saturated heterocycles. The molecule has 1 aromatic heterocycles. The standard InChI is InChI=1S/C9H9NO2S/c1-6-2-3-7-8(4-6)10-5-9(7)13(11)12/h2-5,10H,1H3,(H,11,12)/p-1. The van der Waals surface area contributed by atoms with Crippen molar-refractivity contribution in [2.24, 2.45) is 0 Å². The highest BCUT2D eigenvalue weighted by Gasteiger charge is 2.02. The lowest BCUT2D eigenvalue weighted by Gasteiger charge is -2.01. The molecule has 0 amide bonds. The number of fused-ring (bicyclic) bond motifs is 1. The number of aromatic nitrogens is 1. The van der Waals surface area contributed by atoms with E-state index in [4.69, 9.17) is 0 Å². The Labute approximate surface area is 78.1 Å². The average molecular weight is 194 g/mol. The van der Waals surface area contributed by atoms with Crippen LogP contribution >= 0.6 is 0 Å². The fourth-order valence-corrected chi connectivity index (χ4v) is 1.86. The van der Waals surface area contributed by atoms with Gasteiger partial charge in [0, 0.05) is 17.1 Å². The molecule has 0 bridgehead atoms. The number of aromatic amines is 1. The minimum atomic E-state index is -2.16. The third kappa shape index (κ3) is 1.38. The Bertz CT molecular complexity index is 475. The van der Waals surface area contributed by atoms with Crippen LogP contribution in [-0.2, 0) is 11.1 Å². The van der Waals surface area contributed by atoms with Crippen molar-refractivity contribution in [2.75, 3.05) is 0 Å². The highest BCUT2D eigenvalue weighted by molar-refractivity contribution is 7.79. The summed E-state index contributed by atoms with van der Waals surface area (Å²) in [5.74, 6) is 0. The summed E-state index contributed by atoms with van der Waals surface area (Å²) in [5.41, 5.74) is 1.97. The fraction of sp³-hybridized carbons (Fsp3) is 0.111. The third-order valence-electron chi connectivity index (χ3n) is 1.98. The van der Waals surface area contributed by atoms with E-state index in [1.807, 2.05) is 25.1 Å². The molecule has 0 spiro atoms. The molecule has 68 valence electrons. The summed E-state index contributed by atoms with van der Waals surface area (Å²) in [5, 5.41) is 0.749. The molecule has 0 radical (unpaired) electrons. The van der Waals surface area contributed by atoms with Crippen molar-refractivity contribution in [3.8, 4) is 0 Å². The van der Waals surface area contributed by atoms with Crippen molar-refractivity contribution in [1.29, 1.82) is 0 Å². The van der Waals surface area contributed by atoms with E-state index in [2.05, 4.69) is 4.98 Å². The van der Waals surface area contributed by atoms with Crippen molar-refractivity contribution in [3.63, 3.8) is 0 Å². The zero-order chi connectivity index (χ0) is 9.42. The van der Waals surface area contributed by atoms with Crippen LogP contribution in [0.25, 0.3) is 10.9 Å². The maximum absolute atomic E-state index is 10.7. The third-order valence-corrected chi connectivity index (χ3v) is 2.68. The van der Waals surface area contributed by atoms with E-state index in [1.165, 1.54) is 6.20 Å². The summed E-state index contributed by atoms with van der Waals surface area (Å²) in [6.07, 6.45) is 1.51.